The van der Waals surface area contributed by atoms with Crippen LogP contribution in [0.1, 0.15) is 21.6 Å². The summed E-state index contributed by atoms with van der Waals surface area (Å²) in [5.74, 6) is -1.26. The third-order valence-corrected chi connectivity index (χ3v) is 3.02. The molecule has 3 rings (SSSR count). The summed E-state index contributed by atoms with van der Waals surface area (Å²) in [7, 11) is 0. The van der Waals surface area contributed by atoms with Gasteiger partial charge in [0.25, 0.3) is 0 Å². The Morgan fingerprint density at radius 1 is 1.25 bits per heavy atom. The lowest BCUT2D eigenvalue weighted by Gasteiger charge is -1.97. The Labute approximate surface area is 114 Å². The maximum absolute atomic E-state index is 13.1. The number of rotatable bonds is 3. The lowest BCUT2D eigenvalue weighted by Crippen LogP contribution is -1.97. The summed E-state index contributed by atoms with van der Waals surface area (Å²) in [5.41, 5.74) is 2.46. The van der Waals surface area contributed by atoms with Crippen LogP contribution in [0.5, 0.6) is 0 Å². The first kappa shape index (κ1) is 12.3. The van der Waals surface area contributed by atoms with Gasteiger partial charge in [-0.25, -0.2) is 14.2 Å². The molecule has 4 nitrogen and oxygen atoms in total. The van der Waals surface area contributed by atoms with Crippen LogP contribution in [0.2, 0.25) is 0 Å². The van der Waals surface area contributed by atoms with Crippen LogP contribution in [0, 0.1) is 5.82 Å². The third kappa shape index (κ3) is 2.38. The van der Waals surface area contributed by atoms with Crippen LogP contribution in [0.25, 0.3) is 5.65 Å². The number of aromatic nitrogens is 2. The molecule has 2 aromatic heterocycles. The number of hydrogen-bond donors (Lipinski definition) is 1. The number of aromatic carboxylic acids is 1. The van der Waals surface area contributed by atoms with Gasteiger partial charge >= 0.3 is 5.97 Å². The molecule has 20 heavy (non-hydrogen) atoms. The fourth-order valence-electron chi connectivity index (χ4n) is 2.11. The summed E-state index contributed by atoms with van der Waals surface area (Å²) in [5, 5.41) is 8.94. The second-order valence-electron chi connectivity index (χ2n) is 4.53. The zero-order valence-corrected chi connectivity index (χ0v) is 10.5. The second kappa shape index (κ2) is 4.77. The van der Waals surface area contributed by atoms with Crippen molar-refractivity contribution < 1.29 is 14.3 Å². The van der Waals surface area contributed by atoms with Gasteiger partial charge in [0.1, 0.15) is 11.5 Å². The van der Waals surface area contributed by atoms with Crippen molar-refractivity contribution in [2.45, 2.75) is 6.42 Å². The molecule has 0 radical (unpaired) electrons. The number of benzene rings is 1. The van der Waals surface area contributed by atoms with E-state index >= 15 is 0 Å². The number of carbonyl (C=O) groups is 1. The Morgan fingerprint density at radius 2 is 2.10 bits per heavy atom. The van der Waals surface area contributed by atoms with E-state index in [1.807, 2.05) is 6.07 Å². The highest BCUT2D eigenvalue weighted by molar-refractivity contribution is 5.87. The van der Waals surface area contributed by atoms with E-state index in [1.165, 1.54) is 24.4 Å². The standard InChI is InChI=1S/C15H11FN2O2/c16-12-3-1-2-10(6-12)7-13-9-18-8-11(15(19)20)4-5-14(18)17-13/h1-6,8-9H,7H2,(H,19,20). The van der Waals surface area contributed by atoms with E-state index in [1.54, 1.807) is 22.7 Å². The Morgan fingerprint density at radius 3 is 2.85 bits per heavy atom. The average Bonchev–Trinajstić information content (AvgIpc) is 2.79. The lowest BCUT2D eigenvalue weighted by molar-refractivity contribution is 0.0696. The van der Waals surface area contributed by atoms with Crippen molar-refractivity contribution in [1.82, 2.24) is 9.38 Å². The van der Waals surface area contributed by atoms with Gasteiger partial charge in [-0.3, -0.25) is 0 Å². The van der Waals surface area contributed by atoms with Crippen molar-refractivity contribution in [3.63, 3.8) is 0 Å². The highest BCUT2D eigenvalue weighted by Crippen LogP contribution is 2.13. The predicted octanol–water partition coefficient (Wildman–Crippen LogP) is 2.76. The SMILES string of the molecule is O=C(O)c1ccc2nc(Cc3cccc(F)c3)cn2c1. The van der Waals surface area contributed by atoms with Gasteiger partial charge < -0.3 is 9.51 Å². The van der Waals surface area contributed by atoms with Gasteiger partial charge in [-0.15, -0.1) is 0 Å². The van der Waals surface area contributed by atoms with Crippen LogP contribution in [0.4, 0.5) is 4.39 Å². The van der Waals surface area contributed by atoms with Crippen molar-refractivity contribution in [2.75, 3.05) is 0 Å². The Bertz CT molecular complexity index is 795. The monoisotopic (exact) mass is 270 g/mol. The van der Waals surface area contributed by atoms with Crippen LogP contribution >= 0.6 is 0 Å². The molecule has 100 valence electrons. The zero-order chi connectivity index (χ0) is 14.1. The van der Waals surface area contributed by atoms with Crippen molar-refractivity contribution in [2.24, 2.45) is 0 Å². The van der Waals surface area contributed by atoms with E-state index in [2.05, 4.69) is 4.98 Å². The minimum absolute atomic E-state index is 0.201. The van der Waals surface area contributed by atoms with E-state index in [-0.39, 0.29) is 11.4 Å². The van der Waals surface area contributed by atoms with Crippen molar-refractivity contribution >= 4 is 11.6 Å². The molecule has 1 aromatic carbocycles. The normalized spacial score (nSPS) is 10.8. The number of nitrogens with zero attached hydrogens (tertiary/aromatic N) is 2. The third-order valence-electron chi connectivity index (χ3n) is 3.02. The fourth-order valence-corrected chi connectivity index (χ4v) is 2.11. The summed E-state index contributed by atoms with van der Waals surface area (Å²) in [6, 6.07) is 9.51. The number of imidazole rings is 1. The molecule has 0 unspecified atom stereocenters. The van der Waals surface area contributed by atoms with Crippen molar-refractivity contribution in [3.8, 4) is 0 Å². The summed E-state index contributed by atoms with van der Waals surface area (Å²) in [6.07, 6.45) is 3.77. The molecule has 1 N–H and O–H groups in total. The van der Waals surface area contributed by atoms with E-state index in [0.29, 0.717) is 12.1 Å². The average molecular weight is 270 g/mol. The molecule has 0 aliphatic heterocycles. The van der Waals surface area contributed by atoms with Crippen LogP contribution in [-0.4, -0.2) is 20.5 Å². The molecule has 0 amide bonds. The van der Waals surface area contributed by atoms with E-state index in [4.69, 9.17) is 5.11 Å². The number of fused-ring (bicyclic) bond motifs is 1. The number of carboxylic acid groups (broad SMARTS) is 1. The van der Waals surface area contributed by atoms with Crippen molar-refractivity contribution in [1.29, 1.82) is 0 Å². The summed E-state index contributed by atoms with van der Waals surface area (Å²) < 4.78 is 14.8. The van der Waals surface area contributed by atoms with Crippen LogP contribution in [0.3, 0.4) is 0 Å². The smallest absolute Gasteiger partial charge is 0.337 e. The topological polar surface area (TPSA) is 54.6 Å². The quantitative estimate of drug-likeness (QED) is 0.796. The maximum atomic E-state index is 13.1. The Kier molecular flexibility index (Phi) is 2.95. The van der Waals surface area contributed by atoms with Crippen LogP contribution < -0.4 is 0 Å². The van der Waals surface area contributed by atoms with Gasteiger partial charge in [-0.2, -0.15) is 0 Å². The van der Waals surface area contributed by atoms with Gasteiger partial charge in [0.05, 0.1) is 11.3 Å². The maximum Gasteiger partial charge on any atom is 0.337 e. The molecule has 0 atom stereocenters. The lowest BCUT2D eigenvalue weighted by atomic mass is 10.1. The number of carboxylic acids is 1. The Balaban J connectivity index is 1.95. The number of halogens is 1. The minimum atomic E-state index is -0.979. The first-order valence-electron chi connectivity index (χ1n) is 6.07. The molecule has 0 aliphatic rings. The Hall–Kier alpha value is -2.69. The molecular formula is C15H11FN2O2. The molecule has 0 aliphatic carbocycles. The predicted molar refractivity (Wildman–Crippen MR) is 71.4 cm³/mol. The van der Waals surface area contributed by atoms with Gasteiger partial charge in [0.15, 0.2) is 0 Å². The fraction of sp³-hybridized carbons (Fsp3) is 0.0667. The molecule has 2 heterocycles. The van der Waals surface area contributed by atoms with E-state index < -0.39 is 5.97 Å². The van der Waals surface area contributed by atoms with Gasteiger partial charge in [0, 0.05) is 18.8 Å². The molecule has 5 heteroatoms. The number of hydrogen-bond acceptors (Lipinski definition) is 2. The molecular weight excluding hydrogens is 259 g/mol. The van der Waals surface area contributed by atoms with E-state index in [0.717, 1.165) is 11.3 Å². The largest absolute Gasteiger partial charge is 0.478 e. The van der Waals surface area contributed by atoms with E-state index in [9.17, 15) is 9.18 Å². The molecule has 0 spiro atoms. The highest BCUT2D eigenvalue weighted by Gasteiger charge is 2.07. The molecule has 3 aromatic rings. The number of pyridine rings is 1. The minimum Gasteiger partial charge on any atom is -0.478 e. The van der Waals surface area contributed by atoms with Gasteiger partial charge in [0.2, 0.25) is 0 Å². The molecule has 0 saturated heterocycles. The van der Waals surface area contributed by atoms with Gasteiger partial charge in [-0.05, 0) is 29.8 Å². The first-order valence-corrected chi connectivity index (χ1v) is 6.07. The highest BCUT2D eigenvalue weighted by atomic mass is 19.1. The van der Waals surface area contributed by atoms with Gasteiger partial charge in [-0.1, -0.05) is 12.1 Å². The molecule has 0 saturated carbocycles. The zero-order valence-electron chi connectivity index (χ0n) is 10.5. The molecule has 0 bridgehead atoms. The summed E-state index contributed by atoms with van der Waals surface area (Å²) in [6.45, 7) is 0. The van der Waals surface area contributed by atoms with Crippen molar-refractivity contribution in [3.05, 3.63) is 71.4 Å². The summed E-state index contributed by atoms with van der Waals surface area (Å²) in [4.78, 5) is 15.3. The molecule has 0 fully saturated rings. The first-order chi connectivity index (χ1) is 9.61. The second-order valence-corrected chi connectivity index (χ2v) is 4.53. The van der Waals surface area contributed by atoms with Crippen LogP contribution in [-0.2, 0) is 6.42 Å². The van der Waals surface area contributed by atoms with Crippen LogP contribution in [0.15, 0.2) is 48.8 Å². The summed E-state index contributed by atoms with van der Waals surface area (Å²) >= 11 is 0.